The van der Waals surface area contributed by atoms with E-state index in [1.807, 2.05) is 18.2 Å². The van der Waals surface area contributed by atoms with Crippen molar-refractivity contribution < 1.29 is 9.53 Å². The molecule has 4 nitrogen and oxygen atoms in total. The van der Waals surface area contributed by atoms with Crippen LogP contribution in [0.4, 0.5) is 0 Å². The number of nitrogens with zero attached hydrogens (tertiary/aromatic N) is 2. The number of rotatable bonds is 5. The Labute approximate surface area is 142 Å². The SMILES string of the molecule is CN(Cc1ccsc1)C(=O)C1CCN(CC2CCC=CO2)CC1. The number of ether oxygens (including phenoxy) is 1. The molecule has 0 radical (unpaired) electrons. The molecule has 2 aliphatic rings. The van der Waals surface area contributed by atoms with E-state index in [1.165, 1.54) is 5.56 Å². The molecule has 5 heteroatoms. The van der Waals surface area contributed by atoms with Crippen molar-refractivity contribution in [1.82, 2.24) is 9.80 Å². The summed E-state index contributed by atoms with van der Waals surface area (Å²) in [6.07, 6.45) is 8.42. The zero-order chi connectivity index (χ0) is 16.1. The second-order valence-corrected chi connectivity index (χ2v) is 7.39. The van der Waals surface area contributed by atoms with Crippen molar-refractivity contribution in [2.24, 2.45) is 5.92 Å². The molecular formula is C18H26N2O2S. The van der Waals surface area contributed by atoms with Crippen LogP contribution in [0.5, 0.6) is 0 Å². The molecule has 3 rings (SSSR count). The van der Waals surface area contributed by atoms with Crippen LogP contribution in [0, 0.1) is 5.92 Å². The first-order valence-electron chi connectivity index (χ1n) is 8.51. The van der Waals surface area contributed by atoms with E-state index in [1.54, 1.807) is 11.3 Å². The summed E-state index contributed by atoms with van der Waals surface area (Å²) in [5.74, 6) is 0.481. The van der Waals surface area contributed by atoms with Gasteiger partial charge in [-0.2, -0.15) is 11.3 Å². The summed E-state index contributed by atoms with van der Waals surface area (Å²) in [7, 11) is 1.93. The molecule has 0 bridgehead atoms. The highest BCUT2D eigenvalue weighted by molar-refractivity contribution is 7.07. The van der Waals surface area contributed by atoms with Gasteiger partial charge in [0.1, 0.15) is 6.10 Å². The number of amides is 1. The molecular weight excluding hydrogens is 308 g/mol. The van der Waals surface area contributed by atoms with Crippen LogP contribution in [0.25, 0.3) is 0 Å². The van der Waals surface area contributed by atoms with Crippen molar-refractivity contribution in [1.29, 1.82) is 0 Å². The summed E-state index contributed by atoms with van der Waals surface area (Å²) in [6, 6.07) is 2.09. The minimum Gasteiger partial charge on any atom is -0.497 e. The fourth-order valence-electron chi connectivity index (χ4n) is 3.42. The first-order valence-corrected chi connectivity index (χ1v) is 9.45. The summed E-state index contributed by atoms with van der Waals surface area (Å²) >= 11 is 1.68. The lowest BCUT2D eigenvalue weighted by Gasteiger charge is -2.35. The summed E-state index contributed by atoms with van der Waals surface area (Å²) in [4.78, 5) is 16.9. The van der Waals surface area contributed by atoms with Crippen LogP contribution >= 0.6 is 11.3 Å². The van der Waals surface area contributed by atoms with Gasteiger partial charge in [0.05, 0.1) is 6.26 Å². The highest BCUT2D eigenvalue weighted by Crippen LogP contribution is 2.22. The van der Waals surface area contributed by atoms with E-state index in [-0.39, 0.29) is 5.92 Å². The first-order chi connectivity index (χ1) is 11.2. The number of allylic oxidation sites excluding steroid dienone is 1. The molecule has 126 valence electrons. The quantitative estimate of drug-likeness (QED) is 0.829. The molecule has 0 aliphatic carbocycles. The maximum absolute atomic E-state index is 12.6. The van der Waals surface area contributed by atoms with Gasteiger partial charge in [0.25, 0.3) is 0 Å². The highest BCUT2D eigenvalue weighted by atomic mass is 32.1. The third-order valence-corrected chi connectivity index (χ3v) is 5.53. The fraction of sp³-hybridized carbons (Fsp3) is 0.611. The monoisotopic (exact) mass is 334 g/mol. The summed E-state index contributed by atoms with van der Waals surface area (Å²) in [6.45, 7) is 3.74. The Morgan fingerprint density at radius 3 is 2.87 bits per heavy atom. The molecule has 1 unspecified atom stereocenters. The zero-order valence-corrected chi connectivity index (χ0v) is 14.6. The summed E-state index contributed by atoms with van der Waals surface area (Å²) in [5, 5.41) is 4.18. The van der Waals surface area contributed by atoms with Gasteiger partial charge in [-0.3, -0.25) is 9.69 Å². The molecule has 1 saturated heterocycles. The molecule has 0 spiro atoms. The zero-order valence-electron chi connectivity index (χ0n) is 13.8. The molecule has 1 atom stereocenters. The maximum Gasteiger partial charge on any atom is 0.225 e. The van der Waals surface area contributed by atoms with E-state index in [0.717, 1.165) is 51.9 Å². The Morgan fingerprint density at radius 2 is 2.22 bits per heavy atom. The average Bonchev–Trinajstić information content (AvgIpc) is 3.09. The van der Waals surface area contributed by atoms with Gasteiger partial charge in [-0.05, 0) is 67.2 Å². The smallest absolute Gasteiger partial charge is 0.225 e. The molecule has 1 fully saturated rings. The maximum atomic E-state index is 12.6. The molecule has 3 heterocycles. The molecule has 1 amide bonds. The van der Waals surface area contributed by atoms with Crippen LogP contribution in [0.2, 0.25) is 0 Å². The minimum absolute atomic E-state index is 0.182. The predicted molar refractivity (Wildman–Crippen MR) is 93.2 cm³/mol. The van der Waals surface area contributed by atoms with E-state index in [4.69, 9.17) is 4.74 Å². The Balaban J connectivity index is 1.42. The molecule has 23 heavy (non-hydrogen) atoms. The van der Waals surface area contributed by atoms with E-state index < -0.39 is 0 Å². The lowest BCUT2D eigenvalue weighted by Crippen LogP contribution is -2.43. The van der Waals surface area contributed by atoms with Crippen molar-refractivity contribution in [3.05, 3.63) is 34.7 Å². The van der Waals surface area contributed by atoms with Gasteiger partial charge in [-0.15, -0.1) is 0 Å². The van der Waals surface area contributed by atoms with Crippen LogP contribution in [0.1, 0.15) is 31.2 Å². The first kappa shape index (κ1) is 16.5. The van der Waals surface area contributed by atoms with Crippen molar-refractivity contribution >= 4 is 17.2 Å². The van der Waals surface area contributed by atoms with Gasteiger partial charge in [-0.25, -0.2) is 0 Å². The Bertz CT molecular complexity index is 521. The molecule has 0 N–H and O–H groups in total. The number of hydrogen-bond acceptors (Lipinski definition) is 4. The van der Waals surface area contributed by atoms with Gasteiger partial charge in [0.15, 0.2) is 0 Å². The lowest BCUT2D eigenvalue weighted by atomic mass is 9.95. The van der Waals surface area contributed by atoms with E-state index in [0.29, 0.717) is 12.0 Å². The molecule has 1 aromatic heterocycles. The van der Waals surface area contributed by atoms with Gasteiger partial charge >= 0.3 is 0 Å². The highest BCUT2D eigenvalue weighted by Gasteiger charge is 2.28. The van der Waals surface area contributed by atoms with Crippen LogP contribution in [-0.4, -0.2) is 48.5 Å². The van der Waals surface area contributed by atoms with Gasteiger partial charge in [0, 0.05) is 26.1 Å². The lowest BCUT2D eigenvalue weighted by molar-refractivity contribution is -0.136. The van der Waals surface area contributed by atoms with Gasteiger partial charge in [-0.1, -0.05) is 0 Å². The normalized spacial score (nSPS) is 22.7. The number of piperidine rings is 1. The fourth-order valence-corrected chi connectivity index (χ4v) is 4.08. The number of carbonyl (C=O) groups is 1. The third kappa shape index (κ3) is 4.58. The van der Waals surface area contributed by atoms with E-state index in [2.05, 4.69) is 27.8 Å². The Hall–Kier alpha value is -1.33. The number of hydrogen-bond donors (Lipinski definition) is 0. The van der Waals surface area contributed by atoms with E-state index in [9.17, 15) is 4.79 Å². The second kappa shape index (κ2) is 7.97. The summed E-state index contributed by atoms with van der Waals surface area (Å²) in [5.41, 5.74) is 1.23. The number of thiophene rings is 1. The van der Waals surface area contributed by atoms with Crippen molar-refractivity contribution in [3.63, 3.8) is 0 Å². The van der Waals surface area contributed by atoms with Crippen molar-refractivity contribution in [2.45, 2.75) is 38.3 Å². The molecule has 0 saturated carbocycles. The van der Waals surface area contributed by atoms with E-state index >= 15 is 0 Å². The van der Waals surface area contributed by atoms with Crippen LogP contribution in [0.15, 0.2) is 29.2 Å². The standard InChI is InChI=1S/C18H26N2O2S/c1-19(12-15-7-11-23-14-15)18(21)16-5-8-20(9-6-16)13-17-4-2-3-10-22-17/h3,7,10-11,14,16-17H,2,4-6,8-9,12-13H2,1H3. The largest absolute Gasteiger partial charge is 0.497 e. The third-order valence-electron chi connectivity index (χ3n) is 4.80. The Kier molecular flexibility index (Phi) is 5.73. The van der Waals surface area contributed by atoms with Crippen molar-refractivity contribution in [2.75, 3.05) is 26.7 Å². The van der Waals surface area contributed by atoms with Crippen molar-refractivity contribution in [3.8, 4) is 0 Å². The topological polar surface area (TPSA) is 32.8 Å². The van der Waals surface area contributed by atoms with Crippen LogP contribution in [-0.2, 0) is 16.1 Å². The number of carbonyl (C=O) groups excluding carboxylic acids is 1. The van der Waals surface area contributed by atoms with Crippen LogP contribution in [0.3, 0.4) is 0 Å². The average molecular weight is 334 g/mol. The van der Waals surface area contributed by atoms with Crippen LogP contribution < -0.4 is 0 Å². The molecule has 2 aliphatic heterocycles. The molecule has 1 aromatic rings. The summed E-state index contributed by atoms with van der Waals surface area (Å²) < 4.78 is 5.66. The Morgan fingerprint density at radius 1 is 1.39 bits per heavy atom. The predicted octanol–water partition coefficient (Wildman–Crippen LogP) is 3.11. The number of likely N-dealkylation sites (tertiary alicyclic amines) is 1. The van der Waals surface area contributed by atoms with Gasteiger partial charge in [0.2, 0.25) is 5.91 Å². The molecule has 0 aromatic carbocycles. The minimum atomic E-state index is 0.182. The van der Waals surface area contributed by atoms with Gasteiger partial charge < -0.3 is 9.64 Å². The second-order valence-electron chi connectivity index (χ2n) is 6.61.